The van der Waals surface area contributed by atoms with Crippen molar-refractivity contribution in [3.63, 3.8) is 0 Å². The van der Waals surface area contributed by atoms with E-state index in [4.69, 9.17) is 12.6 Å². The van der Waals surface area contributed by atoms with Gasteiger partial charge < -0.3 is 0 Å². The molecule has 0 amide bonds. The number of piperidine rings is 1. The second kappa shape index (κ2) is 9.25. The fourth-order valence-corrected chi connectivity index (χ4v) is 4.05. The number of hydrogen-bond donors (Lipinski definition) is 1. The van der Waals surface area contributed by atoms with Gasteiger partial charge >= 0.3 is 0 Å². The first-order valence-electron chi connectivity index (χ1n) is 9.50. The van der Waals surface area contributed by atoms with Gasteiger partial charge in [-0.1, -0.05) is 24.3 Å². The molecule has 2 aromatic rings. The van der Waals surface area contributed by atoms with Crippen LogP contribution in [-0.2, 0) is 11.3 Å². The summed E-state index contributed by atoms with van der Waals surface area (Å²) in [6.07, 6.45) is 8.51. The maximum Gasteiger partial charge on any atom is 0.157 e. The molecule has 1 aliphatic carbocycles. The monoisotopic (exact) mass is 421 g/mol. The van der Waals surface area contributed by atoms with Gasteiger partial charge in [-0.05, 0) is 37.0 Å². The molecule has 2 atom stereocenters. The summed E-state index contributed by atoms with van der Waals surface area (Å²) in [6, 6.07) is 8.07. The molecular weight excluding hydrogens is 397 g/mol. The average Bonchev–Trinajstić information content (AvgIpc) is 3.39. The smallest absolute Gasteiger partial charge is 0.157 e. The lowest BCUT2D eigenvalue weighted by Gasteiger charge is -2.37. The topological polar surface area (TPSA) is 38.1 Å². The maximum atomic E-state index is 14.5. The van der Waals surface area contributed by atoms with E-state index in [2.05, 4.69) is 16.1 Å². The van der Waals surface area contributed by atoms with E-state index in [-0.39, 0.29) is 35.2 Å². The van der Waals surface area contributed by atoms with Crippen LogP contribution in [0.5, 0.6) is 0 Å². The standard InChI is InChI=1S/C21H24FN3OS.ClH/c22-18-5-2-1-4-17(18)20(21(26)15-6-7-15)24-12-9-19(27)16(14-24)8-13-25-11-3-10-23-25;/h1-5,8,10-11,15,19-20,27H,6-7,9,12-14H2;1H/b16-8+;. The summed E-state index contributed by atoms with van der Waals surface area (Å²) >= 11 is 4.73. The normalized spacial score (nSPS) is 22.6. The molecule has 0 N–H and O–H groups in total. The van der Waals surface area contributed by atoms with Gasteiger partial charge in [-0.2, -0.15) is 17.7 Å². The number of carbonyl (C=O) groups is 1. The van der Waals surface area contributed by atoms with Crippen molar-refractivity contribution in [3.8, 4) is 0 Å². The number of nitrogens with zero attached hydrogens (tertiary/aromatic N) is 3. The Labute approximate surface area is 176 Å². The predicted molar refractivity (Wildman–Crippen MR) is 113 cm³/mol. The largest absolute Gasteiger partial charge is 0.297 e. The number of rotatable bonds is 6. The summed E-state index contributed by atoms with van der Waals surface area (Å²) < 4.78 is 16.4. The van der Waals surface area contributed by atoms with E-state index in [9.17, 15) is 9.18 Å². The highest BCUT2D eigenvalue weighted by Gasteiger charge is 2.40. The van der Waals surface area contributed by atoms with Gasteiger partial charge in [-0.15, -0.1) is 12.4 Å². The third-order valence-electron chi connectivity index (χ3n) is 5.42. The van der Waals surface area contributed by atoms with Crippen molar-refractivity contribution < 1.29 is 9.18 Å². The van der Waals surface area contributed by atoms with Crippen molar-refractivity contribution in [2.75, 3.05) is 13.1 Å². The number of halogens is 2. The first kappa shape index (κ1) is 21.1. The zero-order chi connectivity index (χ0) is 18.8. The highest BCUT2D eigenvalue weighted by Crippen LogP contribution is 2.39. The second-order valence-electron chi connectivity index (χ2n) is 7.38. The molecular formula is C21H25ClFN3OS. The number of allylic oxidation sites excluding steroid dienone is 1. The van der Waals surface area contributed by atoms with Crippen LogP contribution in [0, 0.1) is 11.7 Å². The van der Waals surface area contributed by atoms with E-state index in [0.29, 0.717) is 18.7 Å². The van der Waals surface area contributed by atoms with Crippen molar-refractivity contribution in [2.45, 2.75) is 37.1 Å². The molecule has 1 aromatic carbocycles. The first-order chi connectivity index (χ1) is 13.1. The molecule has 1 aliphatic heterocycles. The fraction of sp³-hybridized carbons (Fsp3) is 0.429. The molecule has 7 heteroatoms. The Morgan fingerprint density at radius 1 is 1.29 bits per heavy atom. The minimum atomic E-state index is -0.507. The highest BCUT2D eigenvalue weighted by molar-refractivity contribution is 7.81. The van der Waals surface area contributed by atoms with E-state index in [0.717, 1.165) is 25.8 Å². The minimum Gasteiger partial charge on any atom is -0.297 e. The van der Waals surface area contributed by atoms with Crippen molar-refractivity contribution >= 4 is 30.8 Å². The van der Waals surface area contributed by atoms with E-state index < -0.39 is 6.04 Å². The Hall–Kier alpha value is -1.63. The van der Waals surface area contributed by atoms with Gasteiger partial charge in [0.25, 0.3) is 0 Å². The summed E-state index contributed by atoms with van der Waals surface area (Å²) in [4.78, 5) is 15.2. The number of Topliss-reactive ketones (excluding diaryl/α,β-unsaturated/α-hetero) is 1. The van der Waals surface area contributed by atoms with Crippen LogP contribution in [0.2, 0.25) is 0 Å². The van der Waals surface area contributed by atoms with Crippen molar-refractivity contribution in [1.82, 2.24) is 14.7 Å². The van der Waals surface area contributed by atoms with Crippen molar-refractivity contribution in [3.05, 3.63) is 65.8 Å². The molecule has 2 heterocycles. The number of carbonyl (C=O) groups excluding carboxylic acids is 1. The molecule has 0 bridgehead atoms. The molecule has 0 spiro atoms. The number of likely N-dealkylation sites (tertiary alicyclic amines) is 1. The first-order valence-corrected chi connectivity index (χ1v) is 10.0. The number of ketones is 1. The van der Waals surface area contributed by atoms with Gasteiger partial charge in [0, 0.05) is 42.2 Å². The van der Waals surface area contributed by atoms with Gasteiger partial charge in [0.1, 0.15) is 5.82 Å². The van der Waals surface area contributed by atoms with Crippen molar-refractivity contribution in [2.24, 2.45) is 5.92 Å². The van der Waals surface area contributed by atoms with Crippen LogP contribution < -0.4 is 0 Å². The van der Waals surface area contributed by atoms with Crippen LogP contribution >= 0.6 is 25.0 Å². The lowest BCUT2D eigenvalue weighted by Crippen LogP contribution is -2.42. The van der Waals surface area contributed by atoms with E-state index in [1.54, 1.807) is 18.3 Å². The quantitative estimate of drug-likeness (QED) is 0.563. The van der Waals surface area contributed by atoms with Gasteiger partial charge in [-0.25, -0.2) is 4.39 Å². The fourth-order valence-electron chi connectivity index (χ4n) is 3.75. The molecule has 28 heavy (non-hydrogen) atoms. The van der Waals surface area contributed by atoms with E-state index in [1.807, 2.05) is 23.0 Å². The van der Waals surface area contributed by atoms with Gasteiger partial charge in [0.05, 0.1) is 12.6 Å². The Balaban J connectivity index is 0.00000225. The Morgan fingerprint density at radius 3 is 2.75 bits per heavy atom. The summed E-state index contributed by atoms with van der Waals surface area (Å²) in [5, 5.41) is 4.39. The summed E-state index contributed by atoms with van der Waals surface area (Å²) in [5.74, 6) is -0.0597. The third-order valence-corrected chi connectivity index (χ3v) is 6.01. The zero-order valence-corrected chi connectivity index (χ0v) is 17.3. The van der Waals surface area contributed by atoms with E-state index in [1.165, 1.54) is 11.6 Å². The van der Waals surface area contributed by atoms with Crippen LogP contribution in [0.4, 0.5) is 4.39 Å². The van der Waals surface area contributed by atoms with E-state index >= 15 is 0 Å². The van der Waals surface area contributed by atoms with Crippen molar-refractivity contribution in [1.29, 1.82) is 0 Å². The van der Waals surface area contributed by atoms with Gasteiger partial charge in [-0.3, -0.25) is 14.4 Å². The van der Waals surface area contributed by atoms with Gasteiger partial charge in [0.2, 0.25) is 0 Å². The second-order valence-corrected chi connectivity index (χ2v) is 8.01. The number of aromatic nitrogens is 2. The molecule has 1 saturated heterocycles. The molecule has 0 radical (unpaired) electrons. The van der Waals surface area contributed by atoms with Crippen LogP contribution in [0.3, 0.4) is 0 Å². The third kappa shape index (κ3) is 4.67. The number of benzene rings is 1. The predicted octanol–water partition coefficient (Wildman–Crippen LogP) is 4.09. The van der Waals surface area contributed by atoms with Crippen LogP contribution in [0.1, 0.15) is 30.9 Å². The number of hydrogen-bond acceptors (Lipinski definition) is 4. The lowest BCUT2D eigenvalue weighted by molar-refractivity contribution is -0.126. The summed E-state index contributed by atoms with van der Waals surface area (Å²) in [6.45, 7) is 2.05. The Kier molecular flexibility index (Phi) is 6.96. The molecule has 4 rings (SSSR count). The molecule has 4 nitrogen and oxygen atoms in total. The molecule has 2 unspecified atom stereocenters. The molecule has 2 fully saturated rings. The summed E-state index contributed by atoms with van der Waals surface area (Å²) in [7, 11) is 0. The molecule has 1 saturated carbocycles. The average molecular weight is 422 g/mol. The molecule has 2 aliphatic rings. The zero-order valence-electron chi connectivity index (χ0n) is 15.6. The molecule has 150 valence electrons. The maximum absolute atomic E-state index is 14.5. The SMILES string of the molecule is Cl.O=C(C1CC1)C(c1ccccc1F)N1CCC(S)/C(=C/Cn2cccn2)C1. The highest BCUT2D eigenvalue weighted by atomic mass is 35.5. The van der Waals surface area contributed by atoms with Gasteiger partial charge in [0.15, 0.2) is 5.78 Å². The summed E-state index contributed by atoms with van der Waals surface area (Å²) in [5.41, 5.74) is 1.67. The lowest BCUT2D eigenvalue weighted by atomic mass is 9.93. The van der Waals surface area contributed by atoms with Crippen LogP contribution in [0.25, 0.3) is 0 Å². The Bertz CT molecular complexity index is 838. The minimum absolute atomic E-state index is 0. The number of thiol groups is 1. The van der Waals surface area contributed by atoms with Crippen LogP contribution in [-0.4, -0.2) is 38.8 Å². The van der Waals surface area contributed by atoms with Crippen LogP contribution in [0.15, 0.2) is 54.4 Å². The Morgan fingerprint density at radius 2 is 2.07 bits per heavy atom. The molecule has 1 aromatic heterocycles.